The Morgan fingerprint density at radius 3 is 0.889 bits per heavy atom. The molecule has 0 unspecified atom stereocenters. The van der Waals surface area contributed by atoms with Gasteiger partial charge in [-0.15, -0.1) is 0 Å². The molecule has 9 heteroatoms. The van der Waals surface area contributed by atoms with Crippen molar-refractivity contribution in [1.82, 2.24) is 0 Å². The molecule has 0 aromatic heterocycles. The van der Waals surface area contributed by atoms with Crippen LogP contribution in [0.1, 0.15) is 0 Å². The normalized spacial score (nSPS) is 6.67. The van der Waals surface area contributed by atoms with Gasteiger partial charge in [0.25, 0.3) is 0 Å². The average molecular weight is 211 g/mol. The maximum absolute atomic E-state index is 7.33. The smallest absolute Gasteiger partial charge is 0.316 e. The Morgan fingerprint density at radius 1 is 0.889 bits per heavy atom. The summed E-state index contributed by atoms with van der Waals surface area (Å²) < 4.78 is 0. The zero-order chi connectivity index (χ0) is 4.50. The van der Waals surface area contributed by atoms with E-state index in [0.717, 1.165) is 0 Å². The van der Waals surface area contributed by atoms with E-state index in [4.69, 9.17) is 19.2 Å². The van der Waals surface area contributed by atoms with Gasteiger partial charge < -0.3 is 24.7 Å². The van der Waals surface area contributed by atoms with Crippen LogP contribution in [0.4, 0.5) is 0 Å². The Balaban J connectivity index is -0.0000000133. The van der Waals surface area contributed by atoms with Crippen LogP contribution < -0.4 is 0 Å². The second-order valence-corrected chi connectivity index (χ2v) is 1.80. The second-order valence-electron chi connectivity index (χ2n) is 0.600. The molecule has 0 heterocycles. The van der Waals surface area contributed by atoms with Gasteiger partial charge in [0.05, 0.1) is 0 Å². The van der Waals surface area contributed by atoms with Crippen molar-refractivity contribution in [2.24, 2.45) is 0 Å². The van der Waals surface area contributed by atoms with Gasteiger partial charge in [0.1, 0.15) is 0 Å². The maximum Gasteiger partial charge on any atom is 0.316 e. The number of hydrogen-bond acceptors (Lipinski definition) is 4. The fourth-order valence-electron chi connectivity index (χ4n) is 0. The first-order valence-corrected chi connectivity index (χ1v) is 2.68. The molecule has 9 heavy (non-hydrogen) atoms. The predicted octanol–water partition coefficient (Wildman–Crippen LogP) is -6.18. The minimum absolute atomic E-state index is 0. The standard InChI is InChI=1S/Al.K.Mg.H4O4Si.H2O.6H/c;;;1-5(2,3)4;;;;;;;/h;;;1-4H;1H2;;;;;;. The van der Waals surface area contributed by atoms with Crippen molar-refractivity contribution in [1.29, 1.82) is 0 Å². The summed E-state index contributed by atoms with van der Waals surface area (Å²) >= 11 is 0. The zero-order valence-electron chi connectivity index (χ0n) is 2.79. The molecule has 0 rings (SSSR count). The zero-order valence-corrected chi connectivity index (χ0v) is 3.79. The molecule has 0 aliphatic carbocycles. The van der Waals surface area contributed by atoms with Crippen LogP contribution in [0, 0.1) is 0 Å². The van der Waals surface area contributed by atoms with Gasteiger partial charge in [-0.1, -0.05) is 0 Å². The van der Waals surface area contributed by atoms with Gasteiger partial charge in [0.15, 0.2) is 17.4 Å². The number of hydrogen-bond donors (Lipinski definition) is 4. The van der Waals surface area contributed by atoms with Crippen molar-refractivity contribution in [2.75, 3.05) is 0 Å². The molecule has 0 saturated heterocycles. The van der Waals surface area contributed by atoms with Crippen LogP contribution in [0.2, 0.25) is 0 Å². The van der Waals surface area contributed by atoms with E-state index in [2.05, 4.69) is 0 Å². The molecule has 0 saturated carbocycles. The van der Waals surface area contributed by atoms with Gasteiger partial charge in [0.2, 0.25) is 0 Å². The van der Waals surface area contributed by atoms with Crippen molar-refractivity contribution >= 4 is 101 Å². The molecule has 0 spiro atoms. The molecule has 0 radical (unpaired) electrons. The molecular weight excluding hydrogens is 198 g/mol. The van der Waals surface area contributed by atoms with Crippen molar-refractivity contribution in [2.45, 2.75) is 0 Å². The third kappa shape index (κ3) is 101. The van der Waals surface area contributed by atoms with Gasteiger partial charge in [-0.05, 0) is 0 Å². The minimum atomic E-state index is -4.61. The van der Waals surface area contributed by atoms with Gasteiger partial charge in [-0.2, -0.15) is 0 Å². The molecule has 0 aliphatic rings. The Hall–Kier alpha value is 2.95. The summed E-state index contributed by atoms with van der Waals surface area (Å²) in [5, 5.41) is 0. The van der Waals surface area contributed by atoms with Gasteiger partial charge in [-0.3, -0.25) is 0 Å². The molecule has 0 aromatic carbocycles. The van der Waals surface area contributed by atoms with E-state index < -0.39 is 9.05 Å². The molecule has 0 aromatic rings. The summed E-state index contributed by atoms with van der Waals surface area (Å²) in [4.78, 5) is 29.3. The van der Waals surface area contributed by atoms with Crippen LogP contribution in [-0.2, 0) is 0 Å². The fraction of sp³-hybridized carbons (Fsp3) is 0. The second kappa shape index (κ2) is 13.5. The number of rotatable bonds is 0. The van der Waals surface area contributed by atoms with Crippen LogP contribution in [0.25, 0.3) is 0 Å². The fourth-order valence-corrected chi connectivity index (χ4v) is 0. The van der Waals surface area contributed by atoms with E-state index in [0.29, 0.717) is 0 Å². The first-order valence-electron chi connectivity index (χ1n) is 0.894. The quantitative estimate of drug-likeness (QED) is 0.298. The topological polar surface area (TPSA) is 112 Å². The van der Waals surface area contributed by atoms with Crippen LogP contribution in [-0.4, -0.2) is 126 Å². The average Bonchev–Trinajstić information content (AvgIpc) is 0.722. The van der Waals surface area contributed by atoms with Gasteiger partial charge >= 0.3 is 83.5 Å². The maximum atomic E-state index is 7.33. The van der Waals surface area contributed by atoms with E-state index in [9.17, 15) is 0 Å². The summed E-state index contributed by atoms with van der Waals surface area (Å²) in [6, 6.07) is 0. The SMILES string of the molecule is O.O[Si](O)(O)O.[AlH3].[KH].[MgH2]. The van der Waals surface area contributed by atoms with Crippen molar-refractivity contribution in [3.63, 3.8) is 0 Å². The summed E-state index contributed by atoms with van der Waals surface area (Å²) in [5.41, 5.74) is 0. The van der Waals surface area contributed by atoms with E-state index in [-0.39, 0.29) is 97.3 Å². The van der Waals surface area contributed by atoms with Crippen LogP contribution >= 0.6 is 0 Å². The van der Waals surface area contributed by atoms with E-state index in [1.807, 2.05) is 0 Å². The van der Waals surface area contributed by atoms with Crippen molar-refractivity contribution in [3.05, 3.63) is 0 Å². The molecule has 0 aliphatic heterocycles. The Morgan fingerprint density at radius 2 is 0.889 bits per heavy atom. The molecule has 0 bridgehead atoms. The van der Waals surface area contributed by atoms with Gasteiger partial charge in [-0.25, -0.2) is 0 Å². The van der Waals surface area contributed by atoms with E-state index >= 15 is 0 Å². The minimum Gasteiger partial charge on any atom is 0.316 e. The molecular formula is H12AlKMgO5Si. The van der Waals surface area contributed by atoms with Crippen LogP contribution in [0.15, 0.2) is 0 Å². The van der Waals surface area contributed by atoms with Crippen LogP contribution in [0.3, 0.4) is 0 Å². The third-order valence-corrected chi connectivity index (χ3v) is 0. The first kappa shape index (κ1) is 29.7. The summed E-state index contributed by atoms with van der Waals surface area (Å²) in [6.45, 7) is 0. The Kier molecular flexibility index (Phi) is 44.6. The molecule has 52 valence electrons. The van der Waals surface area contributed by atoms with Crippen molar-refractivity contribution < 1.29 is 24.7 Å². The Labute approximate surface area is 123 Å². The molecule has 0 fully saturated rings. The summed E-state index contributed by atoms with van der Waals surface area (Å²) in [7, 11) is -4.61. The monoisotopic (exact) mass is 210 g/mol. The van der Waals surface area contributed by atoms with Crippen LogP contribution in [0.5, 0.6) is 0 Å². The molecule has 5 nitrogen and oxygen atoms in total. The Bertz CT molecular complexity index is 32.4. The molecule has 0 amide bonds. The third-order valence-electron chi connectivity index (χ3n) is 0. The van der Waals surface area contributed by atoms with E-state index in [1.54, 1.807) is 0 Å². The summed E-state index contributed by atoms with van der Waals surface area (Å²) in [5.74, 6) is 0. The van der Waals surface area contributed by atoms with Crippen molar-refractivity contribution in [3.8, 4) is 0 Å². The molecule has 6 N–H and O–H groups in total. The molecule has 0 atom stereocenters. The van der Waals surface area contributed by atoms with E-state index in [1.165, 1.54) is 0 Å². The predicted molar refractivity (Wildman–Crippen MR) is 43.9 cm³/mol. The largest absolute Gasteiger partial charge is 0.316 e. The first-order chi connectivity index (χ1) is 2.00. The summed E-state index contributed by atoms with van der Waals surface area (Å²) in [6.07, 6.45) is 0. The van der Waals surface area contributed by atoms with Gasteiger partial charge in [0, 0.05) is 0 Å².